The molecule has 4 nitrogen and oxygen atoms in total. The third-order valence-corrected chi connectivity index (χ3v) is 4.89. The van der Waals surface area contributed by atoms with Gasteiger partial charge in [-0.05, 0) is 38.5 Å². The van der Waals surface area contributed by atoms with E-state index in [4.69, 9.17) is 0 Å². The Kier molecular flexibility index (Phi) is 3.81. The van der Waals surface area contributed by atoms with Gasteiger partial charge in [-0.2, -0.15) is 0 Å². The number of carbonyl (C=O) groups excluding carboxylic acids is 2. The van der Waals surface area contributed by atoms with Crippen molar-refractivity contribution in [1.82, 2.24) is 9.80 Å². The highest BCUT2D eigenvalue weighted by molar-refractivity contribution is 5.99. The molecule has 3 aliphatic rings. The van der Waals surface area contributed by atoms with E-state index in [1.165, 1.54) is 12.8 Å². The van der Waals surface area contributed by atoms with Gasteiger partial charge in [0, 0.05) is 26.2 Å². The molecule has 1 saturated carbocycles. The van der Waals surface area contributed by atoms with Crippen LogP contribution in [0.5, 0.6) is 0 Å². The van der Waals surface area contributed by atoms with Crippen LogP contribution in [0.15, 0.2) is 12.2 Å². The topological polar surface area (TPSA) is 40.6 Å². The van der Waals surface area contributed by atoms with Crippen LogP contribution in [0.2, 0.25) is 0 Å². The fourth-order valence-corrected chi connectivity index (χ4v) is 3.54. The Labute approximate surface area is 120 Å². The van der Waals surface area contributed by atoms with Crippen LogP contribution in [0.3, 0.4) is 0 Å². The monoisotopic (exact) mass is 276 g/mol. The van der Waals surface area contributed by atoms with Crippen LogP contribution in [0.4, 0.5) is 0 Å². The summed E-state index contributed by atoms with van der Waals surface area (Å²) in [6.07, 6.45) is 6.80. The number of piperidine rings is 2. The van der Waals surface area contributed by atoms with Gasteiger partial charge in [0.1, 0.15) is 0 Å². The van der Waals surface area contributed by atoms with Gasteiger partial charge >= 0.3 is 0 Å². The number of carbonyl (C=O) groups is 2. The van der Waals surface area contributed by atoms with E-state index >= 15 is 0 Å². The SMILES string of the molecule is C=C1C(C(=O)N2CCCCC2)C1C(=O)N1CCCCC1. The first-order valence-corrected chi connectivity index (χ1v) is 7.96. The van der Waals surface area contributed by atoms with E-state index in [0.717, 1.165) is 57.4 Å². The van der Waals surface area contributed by atoms with Gasteiger partial charge < -0.3 is 9.80 Å². The van der Waals surface area contributed by atoms with Crippen molar-refractivity contribution in [3.63, 3.8) is 0 Å². The lowest BCUT2D eigenvalue weighted by Crippen LogP contribution is -2.40. The first-order valence-electron chi connectivity index (χ1n) is 7.96. The lowest BCUT2D eigenvalue weighted by atomic mass is 10.1. The predicted octanol–water partition coefficient (Wildman–Crippen LogP) is 1.81. The Bertz CT molecular complexity index is 382. The number of amides is 2. The summed E-state index contributed by atoms with van der Waals surface area (Å²) in [5.74, 6) is -0.153. The molecule has 110 valence electrons. The maximum atomic E-state index is 12.5. The summed E-state index contributed by atoms with van der Waals surface area (Å²) in [5.41, 5.74) is 0.844. The summed E-state index contributed by atoms with van der Waals surface area (Å²) in [6.45, 7) is 7.38. The number of hydrogen-bond donors (Lipinski definition) is 0. The van der Waals surface area contributed by atoms with E-state index in [1.807, 2.05) is 9.80 Å². The quantitative estimate of drug-likeness (QED) is 0.722. The summed E-state index contributed by atoms with van der Waals surface area (Å²) < 4.78 is 0. The lowest BCUT2D eigenvalue weighted by Gasteiger charge is -2.28. The molecule has 2 saturated heterocycles. The van der Waals surface area contributed by atoms with Crippen molar-refractivity contribution in [1.29, 1.82) is 0 Å². The number of likely N-dealkylation sites (tertiary alicyclic amines) is 2. The summed E-state index contributed by atoms with van der Waals surface area (Å²) in [4.78, 5) is 28.8. The molecular weight excluding hydrogens is 252 g/mol. The van der Waals surface area contributed by atoms with Gasteiger partial charge in [-0.3, -0.25) is 9.59 Å². The van der Waals surface area contributed by atoms with Crippen molar-refractivity contribution in [3.05, 3.63) is 12.2 Å². The molecule has 3 fully saturated rings. The van der Waals surface area contributed by atoms with E-state index in [9.17, 15) is 9.59 Å². The van der Waals surface area contributed by atoms with Crippen LogP contribution in [0.25, 0.3) is 0 Å². The standard InChI is InChI=1S/C16H24N2O2/c1-12-13(15(19)17-8-4-2-5-9-17)14(12)16(20)18-10-6-3-7-11-18/h13-14H,1-11H2. The molecule has 2 amide bonds. The number of nitrogens with zero attached hydrogens (tertiary/aromatic N) is 2. The Hall–Kier alpha value is -1.32. The third kappa shape index (κ3) is 2.48. The first-order chi connectivity index (χ1) is 9.70. The normalized spacial score (nSPS) is 30.3. The van der Waals surface area contributed by atoms with Crippen molar-refractivity contribution in [2.24, 2.45) is 11.8 Å². The van der Waals surface area contributed by atoms with Crippen molar-refractivity contribution >= 4 is 11.8 Å². The molecule has 3 rings (SSSR count). The van der Waals surface area contributed by atoms with E-state index < -0.39 is 0 Å². The highest BCUT2D eigenvalue weighted by Crippen LogP contribution is 2.47. The van der Waals surface area contributed by atoms with Gasteiger partial charge in [0.15, 0.2) is 0 Å². The van der Waals surface area contributed by atoms with Crippen LogP contribution >= 0.6 is 0 Å². The fraction of sp³-hybridized carbons (Fsp3) is 0.750. The maximum Gasteiger partial charge on any atom is 0.230 e. The van der Waals surface area contributed by atoms with Crippen molar-refractivity contribution in [2.75, 3.05) is 26.2 Å². The highest BCUT2D eigenvalue weighted by atomic mass is 16.2. The van der Waals surface area contributed by atoms with E-state index in [2.05, 4.69) is 6.58 Å². The molecule has 2 heterocycles. The molecule has 2 aliphatic heterocycles. The third-order valence-electron chi connectivity index (χ3n) is 4.89. The van der Waals surface area contributed by atoms with Crippen molar-refractivity contribution in [2.45, 2.75) is 38.5 Å². The minimum Gasteiger partial charge on any atom is -0.342 e. The molecule has 0 aromatic carbocycles. The molecule has 0 bridgehead atoms. The average molecular weight is 276 g/mol. The minimum absolute atomic E-state index is 0.144. The van der Waals surface area contributed by atoms with Gasteiger partial charge in [-0.25, -0.2) is 0 Å². The molecule has 2 unspecified atom stereocenters. The summed E-state index contributed by atoms with van der Waals surface area (Å²) in [5, 5.41) is 0. The van der Waals surface area contributed by atoms with Gasteiger partial charge in [0.05, 0.1) is 11.8 Å². The maximum absolute atomic E-state index is 12.5. The van der Waals surface area contributed by atoms with Crippen LogP contribution < -0.4 is 0 Å². The molecule has 0 spiro atoms. The zero-order valence-electron chi connectivity index (χ0n) is 12.1. The predicted molar refractivity (Wildman–Crippen MR) is 77.0 cm³/mol. The molecule has 0 radical (unpaired) electrons. The molecular formula is C16H24N2O2. The summed E-state index contributed by atoms with van der Waals surface area (Å²) >= 11 is 0. The second kappa shape index (κ2) is 5.58. The molecule has 1 aliphatic carbocycles. The molecule has 20 heavy (non-hydrogen) atoms. The number of hydrogen-bond acceptors (Lipinski definition) is 2. The van der Waals surface area contributed by atoms with Crippen LogP contribution in [0, 0.1) is 11.8 Å². The zero-order valence-corrected chi connectivity index (χ0v) is 12.1. The second-order valence-corrected chi connectivity index (χ2v) is 6.30. The largest absolute Gasteiger partial charge is 0.342 e. The molecule has 0 aromatic heterocycles. The highest BCUT2D eigenvalue weighted by Gasteiger charge is 2.54. The van der Waals surface area contributed by atoms with E-state index in [1.54, 1.807) is 0 Å². The van der Waals surface area contributed by atoms with Gasteiger partial charge in [-0.15, -0.1) is 0 Å². The molecule has 2 atom stereocenters. The van der Waals surface area contributed by atoms with Gasteiger partial charge in [-0.1, -0.05) is 12.2 Å². The first kappa shape index (κ1) is 13.7. The summed E-state index contributed by atoms with van der Waals surface area (Å²) in [7, 11) is 0. The smallest absolute Gasteiger partial charge is 0.230 e. The van der Waals surface area contributed by atoms with E-state index in [0.29, 0.717) is 0 Å². The molecule has 4 heteroatoms. The minimum atomic E-state index is -0.220. The van der Waals surface area contributed by atoms with Crippen LogP contribution in [-0.2, 0) is 9.59 Å². The van der Waals surface area contributed by atoms with Gasteiger partial charge in [0.2, 0.25) is 11.8 Å². The Morgan fingerprint density at radius 2 is 1.10 bits per heavy atom. The van der Waals surface area contributed by atoms with Crippen LogP contribution in [0.1, 0.15) is 38.5 Å². The van der Waals surface area contributed by atoms with E-state index in [-0.39, 0.29) is 23.7 Å². The zero-order chi connectivity index (χ0) is 14.1. The Morgan fingerprint density at radius 1 is 0.750 bits per heavy atom. The Balaban J connectivity index is 1.60. The summed E-state index contributed by atoms with van der Waals surface area (Å²) in [6, 6.07) is 0. The van der Waals surface area contributed by atoms with Gasteiger partial charge in [0.25, 0.3) is 0 Å². The second-order valence-electron chi connectivity index (χ2n) is 6.30. The molecule has 0 N–H and O–H groups in total. The molecule has 0 aromatic rings. The fourth-order valence-electron chi connectivity index (χ4n) is 3.54. The lowest BCUT2D eigenvalue weighted by molar-refractivity contribution is -0.138. The Morgan fingerprint density at radius 3 is 1.45 bits per heavy atom. The van der Waals surface area contributed by atoms with Crippen molar-refractivity contribution < 1.29 is 9.59 Å². The van der Waals surface area contributed by atoms with Crippen molar-refractivity contribution in [3.8, 4) is 0 Å². The average Bonchev–Trinajstić information content (AvgIpc) is 3.18. The van der Waals surface area contributed by atoms with Crippen LogP contribution in [-0.4, -0.2) is 47.8 Å². The number of rotatable bonds is 2.